The lowest BCUT2D eigenvalue weighted by Gasteiger charge is -2.20. The fourth-order valence-electron chi connectivity index (χ4n) is 2.54. The van der Waals surface area contributed by atoms with Gasteiger partial charge in [0.05, 0.1) is 0 Å². The molecule has 0 unspecified atom stereocenters. The summed E-state index contributed by atoms with van der Waals surface area (Å²) < 4.78 is 13.8. The van der Waals surface area contributed by atoms with Crippen LogP contribution in [0.1, 0.15) is 43.2 Å². The molecule has 0 bridgehead atoms. The molecule has 0 aliphatic heterocycles. The van der Waals surface area contributed by atoms with Gasteiger partial charge in [-0.3, -0.25) is 4.79 Å². The second-order valence-corrected chi connectivity index (χ2v) is 5.66. The number of hydrogen-bond acceptors (Lipinski definition) is 2. The third-order valence-electron chi connectivity index (χ3n) is 3.77. The summed E-state index contributed by atoms with van der Waals surface area (Å²) in [6.07, 6.45) is 5.30. The molecule has 20 heavy (non-hydrogen) atoms. The van der Waals surface area contributed by atoms with Crippen molar-refractivity contribution in [2.45, 2.75) is 38.6 Å². The van der Waals surface area contributed by atoms with Crippen molar-refractivity contribution >= 4 is 23.1 Å². The molecule has 5 heteroatoms. The highest BCUT2D eigenvalue weighted by Gasteiger charge is 2.20. The summed E-state index contributed by atoms with van der Waals surface area (Å²) in [6, 6.07) is 4.60. The topological polar surface area (TPSA) is 55.1 Å². The Bertz CT molecular complexity index is 513. The molecule has 1 amide bonds. The van der Waals surface area contributed by atoms with Gasteiger partial charge in [0.1, 0.15) is 10.8 Å². The summed E-state index contributed by atoms with van der Waals surface area (Å²) in [5, 5.41) is 2.82. The highest BCUT2D eigenvalue weighted by Crippen LogP contribution is 2.23. The van der Waals surface area contributed by atoms with E-state index in [2.05, 4.69) is 5.32 Å². The van der Waals surface area contributed by atoms with Gasteiger partial charge >= 0.3 is 0 Å². The molecule has 1 saturated carbocycles. The Labute approximate surface area is 123 Å². The largest absolute Gasteiger partial charge is 0.389 e. The summed E-state index contributed by atoms with van der Waals surface area (Å²) in [6.45, 7) is 0.207. The van der Waals surface area contributed by atoms with Crippen LogP contribution in [0, 0.1) is 11.7 Å². The smallest absolute Gasteiger partial charge is 0.223 e. The summed E-state index contributed by atoms with van der Waals surface area (Å²) in [7, 11) is 0. The lowest BCUT2D eigenvalue weighted by molar-refractivity contribution is -0.126. The molecule has 2 rings (SSSR count). The fraction of sp³-hybridized carbons (Fsp3) is 0.467. The molecule has 1 aliphatic carbocycles. The zero-order chi connectivity index (χ0) is 14.5. The maximum Gasteiger partial charge on any atom is 0.223 e. The van der Waals surface area contributed by atoms with Crippen molar-refractivity contribution in [1.82, 2.24) is 5.32 Å². The minimum absolute atomic E-state index is 0.0301. The van der Waals surface area contributed by atoms with E-state index in [0.29, 0.717) is 11.1 Å². The van der Waals surface area contributed by atoms with Crippen molar-refractivity contribution in [3.63, 3.8) is 0 Å². The number of nitrogens with one attached hydrogen (secondary N) is 1. The van der Waals surface area contributed by atoms with Gasteiger partial charge in [-0.15, -0.1) is 0 Å². The van der Waals surface area contributed by atoms with Crippen LogP contribution in [0.2, 0.25) is 0 Å². The molecular weight excluding hydrogens is 275 g/mol. The lowest BCUT2D eigenvalue weighted by atomic mass is 9.88. The first-order valence-electron chi connectivity index (χ1n) is 6.94. The van der Waals surface area contributed by atoms with Crippen molar-refractivity contribution in [2.75, 3.05) is 0 Å². The van der Waals surface area contributed by atoms with Gasteiger partial charge in [0.15, 0.2) is 0 Å². The Morgan fingerprint density at radius 1 is 1.35 bits per heavy atom. The minimum atomic E-state index is -0.390. The summed E-state index contributed by atoms with van der Waals surface area (Å²) in [4.78, 5) is 12.2. The van der Waals surface area contributed by atoms with Crippen molar-refractivity contribution < 1.29 is 9.18 Å². The number of halogens is 1. The average Bonchev–Trinajstić information content (AvgIpc) is 2.46. The van der Waals surface area contributed by atoms with E-state index in [9.17, 15) is 9.18 Å². The highest BCUT2D eigenvalue weighted by atomic mass is 32.1. The average molecular weight is 294 g/mol. The van der Waals surface area contributed by atoms with Gasteiger partial charge in [-0.25, -0.2) is 4.39 Å². The van der Waals surface area contributed by atoms with Gasteiger partial charge in [-0.2, -0.15) is 0 Å². The van der Waals surface area contributed by atoms with Crippen LogP contribution in [0.25, 0.3) is 0 Å². The SMILES string of the molecule is NC(=S)c1ccc(CNC(=O)C2CCCCC2)c(F)c1. The first-order valence-corrected chi connectivity index (χ1v) is 7.34. The summed E-state index contributed by atoms with van der Waals surface area (Å²) in [5.41, 5.74) is 6.40. The van der Waals surface area contributed by atoms with Crippen molar-refractivity contribution in [3.05, 3.63) is 35.1 Å². The maximum absolute atomic E-state index is 13.8. The van der Waals surface area contributed by atoms with E-state index in [1.807, 2.05) is 0 Å². The summed E-state index contributed by atoms with van der Waals surface area (Å²) >= 11 is 4.80. The van der Waals surface area contributed by atoms with Crippen LogP contribution in [-0.4, -0.2) is 10.9 Å². The van der Waals surface area contributed by atoms with Crippen LogP contribution in [0.3, 0.4) is 0 Å². The van der Waals surface area contributed by atoms with Crippen LogP contribution < -0.4 is 11.1 Å². The molecule has 1 aromatic carbocycles. The van der Waals surface area contributed by atoms with Crippen molar-refractivity contribution in [3.8, 4) is 0 Å². The minimum Gasteiger partial charge on any atom is -0.389 e. The zero-order valence-electron chi connectivity index (χ0n) is 11.3. The third kappa shape index (κ3) is 3.76. The first-order chi connectivity index (χ1) is 9.58. The Balaban J connectivity index is 1.93. The molecule has 1 fully saturated rings. The Hall–Kier alpha value is -1.49. The number of rotatable bonds is 4. The van der Waals surface area contributed by atoms with Gasteiger partial charge in [0.2, 0.25) is 5.91 Å². The second kappa shape index (κ2) is 6.79. The molecule has 3 nitrogen and oxygen atoms in total. The molecule has 1 aliphatic rings. The second-order valence-electron chi connectivity index (χ2n) is 5.22. The number of nitrogens with two attached hydrogens (primary N) is 1. The molecule has 3 N–H and O–H groups in total. The Kier molecular flexibility index (Phi) is 5.06. The molecule has 0 heterocycles. The van der Waals surface area contributed by atoms with Gasteiger partial charge in [0.25, 0.3) is 0 Å². The number of benzene rings is 1. The normalized spacial score (nSPS) is 15.8. The number of amides is 1. The maximum atomic E-state index is 13.8. The Morgan fingerprint density at radius 2 is 2.05 bits per heavy atom. The van der Waals surface area contributed by atoms with Crippen molar-refractivity contribution in [2.24, 2.45) is 11.7 Å². The van der Waals surface area contributed by atoms with E-state index in [1.165, 1.54) is 12.5 Å². The molecule has 0 saturated heterocycles. The van der Waals surface area contributed by atoms with Crippen LogP contribution in [-0.2, 0) is 11.3 Å². The number of carbonyl (C=O) groups is 1. The van der Waals surface area contributed by atoms with Crippen molar-refractivity contribution in [1.29, 1.82) is 0 Å². The standard InChI is InChI=1S/C15H19FN2OS/c16-13-8-11(14(17)20)6-7-12(13)9-18-15(19)10-4-2-1-3-5-10/h6-8,10H,1-5,9H2,(H2,17,20)(H,18,19). The number of hydrogen-bond donors (Lipinski definition) is 2. The van der Waals surface area contributed by atoms with Crippen LogP contribution in [0.15, 0.2) is 18.2 Å². The first kappa shape index (κ1) is 14.9. The molecule has 1 aromatic rings. The molecule has 0 aromatic heterocycles. The van der Waals surface area contributed by atoms with Gasteiger partial charge in [-0.1, -0.05) is 43.6 Å². The van der Waals surface area contributed by atoms with Gasteiger partial charge in [0, 0.05) is 23.6 Å². The highest BCUT2D eigenvalue weighted by molar-refractivity contribution is 7.80. The molecule has 108 valence electrons. The van der Waals surface area contributed by atoms with E-state index in [1.54, 1.807) is 12.1 Å². The third-order valence-corrected chi connectivity index (χ3v) is 4.00. The van der Waals surface area contributed by atoms with E-state index >= 15 is 0 Å². The van der Waals surface area contributed by atoms with E-state index in [0.717, 1.165) is 25.7 Å². The van der Waals surface area contributed by atoms with Gasteiger partial charge in [-0.05, 0) is 18.9 Å². The number of carbonyl (C=O) groups excluding carboxylic acids is 1. The quantitative estimate of drug-likeness (QED) is 0.839. The van der Waals surface area contributed by atoms with Crippen LogP contribution in [0.5, 0.6) is 0 Å². The Morgan fingerprint density at radius 3 is 2.65 bits per heavy atom. The van der Waals surface area contributed by atoms with Crippen LogP contribution in [0.4, 0.5) is 4.39 Å². The number of thiocarbonyl (C=S) groups is 1. The predicted octanol–water partition coefficient (Wildman–Crippen LogP) is 2.66. The van der Waals surface area contributed by atoms with Crippen LogP contribution >= 0.6 is 12.2 Å². The molecule has 0 radical (unpaired) electrons. The predicted molar refractivity (Wildman–Crippen MR) is 80.7 cm³/mol. The fourth-order valence-corrected chi connectivity index (χ4v) is 2.66. The van der Waals surface area contributed by atoms with E-state index in [4.69, 9.17) is 18.0 Å². The molecular formula is C15H19FN2OS. The summed E-state index contributed by atoms with van der Waals surface area (Å²) in [5.74, 6) is -0.274. The van der Waals surface area contributed by atoms with E-state index in [-0.39, 0.29) is 29.2 Å². The lowest BCUT2D eigenvalue weighted by Crippen LogP contribution is -2.31. The van der Waals surface area contributed by atoms with E-state index < -0.39 is 0 Å². The monoisotopic (exact) mass is 294 g/mol. The zero-order valence-corrected chi connectivity index (χ0v) is 12.1. The van der Waals surface area contributed by atoms with Gasteiger partial charge < -0.3 is 11.1 Å². The molecule has 0 spiro atoms. The molecule has 0 atom stereocenters.